The number of amides is 3. The standard InChI is InChI=1S/C23H20ClN3O3/c1-12-15(24)10-9-14-19(12)25-22(30)23(14)18-17(16-8-5-11-26(16)23)20(28)27(21(18)29)13-6-3-2-4-7-13/h2-4,6-7,9-10,16-18H,5,8,11H2,1H3,(H,25,30)/t16-,17-,18-,23-/m1/s1. The zero-order valence-corrected chi connectivity index (χ0v) is 17.1. The summed E-state index contributed by atoms with van der Waals surface area (Å²) in [5, 5.41) is 3.58. The molecular formula is C23H20ClN3O3. The number of rotatable bonds is 1. The molecule has 0 unspecified atom stereocenters. The van der Waals surface area contributed by atoms with Crippen LogP contribution in [-0.4, -0.2) is 35.2 Å². The lowest BCUT2D eigenvalue weighted by Crippen LogP contribution is -2.54. The van der Waals surface area contributed by atoms with Crippen LogP contribution in [0.5, 0.6) is 0 Å². The smallest absolute Gasteiger partial charge is 0.250 e. The number of nitrogens with one attached hydrogen (secondary N) is 1. The molecule has 7 heteroatoms. The van der Waals surface area contributed by atoms with Crippen molar-refractivity contribution in [2.24, 2.45) is 11.8 Å². The highest BCUT2D eigenvalue weighted by atomic mass is 35.5. The Morgan fingerprint density at radius 1 is 1.07 bits per heavy atom. The Kier molecular flexibility index (Phi) is 3.58. The van der Waals surface area contributed by atoms with Crippen LogP contribution in [0.2, 0.25) is 5.02 Å². The number of hydrogen-bond donors (Lipinski definition) is 1. The van der Waals surface area contributed by atoms with E-state index in [1.165, 1.54) is 4.90 Å². The molecule has 3 fully saturated rings. The van der Waals surface area contributed by atoms with Crippen molar-refractivity contribution in [3.05, 3.63) is 58.6 Å². The van der Waals surface area contributed by atoms with E-state index in [4.69, 9.17) is 11.6 Å². The van der Waals surface area contributed by atoms with Crippen LogP contribution in [0.1, 0.15) is 24.0 Å². The number of halogens is 1. The normalized spacial score (nSPS) is 32.0. The number of para-hydroxylation sites is 1. The van der Waals surface area contributed by atoms with Gasteiger partial charge in [0, 0.05) is 16.6 Å². The van der Waals surface area contributed by atoms with E-state index in [9.17, 15) is 14.4 Å². The molecule has 6 rings (SSSR count). The van der Waals surface area contributed by atoms with Gasteiger partial charge < -0.3 is 5.32 Å². The summed E-state index contributed by atoms with van der Waals surface area (Å²) >= 11 is 6.32. The van der Waals surface area contributed by atoms with Gasteiger partial charge in [0.15, 0.2) is 0 Å². The Morgan fingerprint density at radius 2 is 1.83 bits per heavy atom. The Balaban J connectivity index is 1.59. The molecule has 1 N–H and O–H groups in total. The molecule has 0 bridgehead atoms. The lowest BCUT2D eigenvalue weighted by atomic mass is 9.75. The molecule has 0 aliphatic carbocycles. The minimum absolute atomic E-state index is 0.118. The van der Waals surface area contributed by atoms with E-state index in [0.717, 1.165) is 24.0 Å². The van der Waals surface area contributed by atoms with Gasteiger partial charge in [0.25, 0.3) is 0 Å². The van der Waals surface area contributed by atoms with Crippen LogP contribution < -0.4 is 10.2 Å². The number of benzene rings is 2. The van der Waals surface area contributed by atoms with Crippen LogP contribution in [0.25, 0.3) is 0 Å². The lowest BCUT2D eigenvalue weighted by molar-refractivity contribution is -0.135. The molecule has 30 heavy (non-hydrogen) atoms. The van der Waals surface area contributed by atoms with Crippen molar-refractivity contribution in [1.29, 1.82) is 0 Å². The lowest BCUT2D eigenvalue weighted by Gasteiger charge is -2.36. The molecule has 3 saturated heterocycles. The minimum Gasteiger partial charge on any atom is -0.324 e. The first-order chi connectivity index (χ1) is 14.5. The Bertz CT molecular complexity index is 1130. The van der Waals surface area contributed by atoms with Crippen LogP contribution in [0.3, 0.4) is 0 Å². The maximum atomic E-state index is 13.8. The summed E-state index contributed by atoms with van der Waals surface area (Å²) < 4.78 is 0. The number of hydrogen-bond acceptors (Lipinski definition) is 4. The fourth-order valence-corrected chi connectivity index (χ4v) is 6.38. The third-order valence-corrected chi connectivity index (χ3v) is 7.79. The average Bonchev–Trinajstić information content (AvgIpc) is 3.44. The maximum Gasteiger partial charge on any atom is 0.250 e. The molecule has 4 aliphatic heterocycles. The SMILES string of the molecule is Cc1c(Cl)ccc2c1NC(=O)[C@]21[C@H]2C(=O)N(c3ccccc3)C(=O)[C@@H]2[C@H]2CCCN21. The molecule has 2 aromatic rings. The van der Waals surface area contributed by atoms with Gasteiger partial charge in [0.1, 0.15) is 5.54 Å². The van der Waals surface area contributed by atoms with Crippen LogP contribution in [0.4, 0.5) is 11.4 Å². The van der Waals surface area contributed by atoms with E-state index in [-0.39, 0.29) is 23.8 Å². The highest BCUT2D eigenvalue weighted by molar-refractivity contribution is 6.32. The van der Waals surface area contributed by atoms with Crippen molar-refractivity contribution in [2.75, 3.05) is 16.8 Å². The van der Waals surface area contributed by atoms with E-state index in [2.05, 4.69) is 10.2 Å². The number of carbonyl (C=O) groups is 3. The van der Waals surface area contributed by atoms with E-state index in [1.807, 2.05) is 31.2 Å². The molecule has 4 atom stereocenters. The van der Waals surface area contributed by atoms with Crippen LogP contribution >= 0.6 is 11.6 Å². The van der Waals surface area contributed by atoms with Gasteiger partial charge >= 0.3 is 0 Å². The largest absolute Gasteiger partial charge is 0.324 e. The maximum absolute atomic E-state index is 13.8. The van der Waals surface area contributed by atoms with Crippen LogP contribution in [-0.2, 0) is 19.9 Å². The first kappa shape index (κ1) is 18.1. The average molecular weight is 422 g/mol. The highest BCUT2D eigenvalue weighted by Crippen LogP contribution is 2.61. The van der Waals surface area contributed by atoms with Crippen molar-refractivity contribution in [3.63, 3.8) is 0 Å². The summed E-state index contributed by atoms with van der Waals surface area (Å²) in [5.41, 5.74) is 1.64. The number of anilines is 2. The summed E-state index contributed by atoms with van der Waals surface area (Å²) in [7, 11) is 0. The van der Waals surface area contributed by atoms with E-state index in [1.54, 1.807) is 18.2 Å². The summed E-state index contributed by atoms with van der Waals surface area (Å²) in [5.74, 6) is -1.97. The zero-order valence-electron chi connectivity index (χ0n) is 16.4. The van der Waals surface area contributed by atoms with Crippen molar-refractivity contribution >= 4 is 40.7 Å². The number of fused-ring (bicyclic) bond motifs is 7. The predicted octanol–water partition coefficient (Wildman–Crippen LogP) is 3.08. The van der Waals surface area contributed by atoms with Gasteiger partial charge in [-0.05, 0) is 50.1 Å². The summed E-state index contributed by atoms with van der Waals surface area (Å²) in [6.45, 7) is 2.56. The van der Waals surface area contributed by atoms with Gasteiger partial charge in [-0.25, -0.2) is 4.90 Å². The minimum atomic E-state index is -1.16. The monoisotopic (exact) mass is 421 g/mol. The second kappa shape index (κ2) is 5.93. The van der Waals surface area contributed by atoms with Crippen LogP contribution in [0.15, 0.2) is 42.5 Å². The molecule has 4 aliphatic rings. The molecule has 4 heterocycles. The summed E-state index contributed by atoms with van der Waals surface area (Å²) in [6.07, 6.45) is 1.71. The molecule has 0 aromatic heterocycles. The molecule has 3 amide bonds. The number of carbonyl (C=O) groups excluding carboxylic acids is 3. The fraction of sp³-hybridized carbons (Fsp3) is 0.348. The van der Waals surface area contributed by atoms with Gasteiger partial charge in [0.2, 0.25) is 17.7 Å². The topological polar surface area (TPSA) is 69.7 Å². The van der Waals surface area contributed by atoms with Crippen molar-refractivity contribution < 1.29 is 14.4 Å². The second-order valence-electron chi connectivity index (χ2n) is 8.57. The van der Waals surface area contributed by atoms with E-state index in [0.29, 0.717) is 22.9 Å². The predicted molar refractivity (Wildman–Crippen MR) is 112 cm³/mol. The van der Waals surface area contributed by atoms with Gasteiger partial charge in [-0.1, -0.05) is 35.9 Å². The molecule has 0 saturated carbocycles. The van der Waals surface area contributed by atoms with Crippen molar-refractivity contribution in [1.82, 2.24) is 4.90 Å². The van der Waals surface area contributed by atoms with Crippen LogP contribution in [0, 0.1) is 18.8 Å². The fourth-order valence-electron chi connectivity index (χ4n) is 6.22. The zero-order chi connectivity index (χ0) is 20.8. The number of nitrogens with zero attached hydrogens (tertiary/aromatic N) is 2. The van der Waals surface area contributed by atoms with Gasteiger partial charge in [-0.15, -0.1) is 0 Å². The molecule has 6 nitrogen and oxygen atoms in total. The quantitative estimate of drug-likeness (QED) is 0.718. The van der Waals surface area contributed by atoms with Gasteiger partial charge in [-0.3, -0.25) is 19.3 Å². The first-order valence-electron chi connectivity index (χ1n) is 10.3. The Labute approximate surface area is 178 Å². The summed E-state index contributed by atoms with van der Waals surface area (Å²) in [4.78, 5) is 44.3. The third kappa shape index (κ3) is 1.92. The van der Waals surface area contributed by atoms with Crippen molar-refractivity contribution in [2.45, 2.75) is 31.3 Å². The van der Waals surface area contributed by atoms with Gasteiger partial charge in [-0.2, -0.15) is 0 Å². The molecule has 152 valence electrons. The Hall–Kier alpha value is -2.70. The number of imide groups is 1. The molecule has 0 radical (unpaired) electrons. The second-order valence-corrected chi connectivity index (χ2v) is 8.98. The molecule has 2 aromatic carbocycles. The molecular weight excluding hydrogens is 402 g/mol. The van der Waals surface area contributed by atoms with Crippen molar-refractivity contribution in [3.8, 4) is 0 Å². The third-order valence-electron chi connectivity index (χ3n) is 7.38. The Morgan fingerprint density at radius 3 is 2.60 bits per heavy atom. The summed E-state index contributed by atoms with van der Waals surface area (Å²) in [6, 6.07) is 12.5. The van der Waals surface area contributed by atoms with E-state index < -0.39 is 17.4 Å². The van der Waals surface area contributed by atoms with Gasteiger partial charge in [0.05, 0.1) is 23.2 Å². The molecule has 1 spiro atoms. The highest BCUT2D eigenvalue weighted by Gasteiger charge is 2.74. The first-order valence-corrected chi connectivity index (χ1v) is 10.7. The van der Waals surface area contributed by atoms with E-state index >= 15 is 0 Å².